The fourth-order valence-corrected chi connectivity index (χ4v) is 1.20. The number of nitrogens with zero attached hydrogens (tertiary/aromatic N) is 1. The molecule has 0 saturated carbocycles. The van der Waals surface area contributed by atoms with E-state index >= 15 is 0 Å². The maximum Gasteiger partial charge on any atom is 0.125 e. The molecule has 72 valence electrons. The Kier molecular flexibility index (Phi) is 4.22. The molecule has 0 saturated heterocycles. The maximum absolute atomic E-state index is 4.22. The highest BCUT2D eigenvalue weighted by atomic mass is 79.9. The maximum atomic E-state index is 4.22. The van der Waals surface area contributed by atoms with Gasteiger partial charge < -0.3 is 5.32 Å². The highest BCUT2D eigenvalue weighted by molar-refractivity contribution is 9.10. The molecule has 1 heterocycles. The summed E-state index contributed by atoms with van der Waals surface area (Å²) in [5.41, 5.74) is 0. The third-order valence-corrected chi connectivity index (χ3v) is 2.22. The van der Waals surface area contributed by atoms with Crippen LogP contribution >= 0.6 is 15.9 Å². The van der Waals surface area contributed by atoms with Crippen molar-refractivity contribution < 1.29 is 0 Å². The van der Waals surface area contributed by atoms with Crippen LogP contribution in [0, 0.1) is 5.92 Å². The molecule has 0 radical (unpaired) electrons. The second kappa shape index (κ2) is 5.22. The van der Waals surface area contributed by atoms with Crippen molar-refractivity contribution >= 4 is 21.7 Å². The number of halogens is 1. The Balaban J connectivity index is 2.33. The van der Waals surface area contributed by atoms with E-state index in [2.05, 4.69) is 40.1 Å². The van der Waals surface area contributed by atoms with Crippen molar-refractivity contribution in [3.8, 4) is 0 Å². The van der Waals surface area contributed by atoms with Crippen molar-refractivity contribution in [1.29, 1.82) is 0 Å². The van der Waals surface area contributed by atoms with Gasteiger partial charge in [0, 0.05) is 17.2 Å². The third kappa shape index (κ3) is 4.27. The smallest absolute Gasteiger partial charge is 0.125 e. The van der Waals surface area contributed by atoms with E-state index in [9.17, 15) is 0 Å². The molecule has 1 aromatic rings. The summed E-state index contributed by atoms with van der Waals surface area (Å²) in [7, 11) is 0. The number of rotatable bonds is 4. The molecule has 3 heteroatoms. The van der Waals surface area contributed by atoms with Gasteiger partial charge in [-0.2, -0.15) is 0 Å². The zero-order valence-electron chi connectivity index (χ0n) is 8.05. The van der Waals surface area contributed by atoms with Gasteiger partial charge in [-0.05, 0) is 40.4 Å². The van der Waals surface area contributed by atoms with Crippen LogP contribution in [0.2, 0.25) is 0 Å². The summed E-state index contributed by atoms with van der Waals surface area (Å²) in [6.07, 6.45) is 2.98. The van der Waals surface area contributed by atoms with Crippen LogP contribution in [0.4, 0.5) is 5.82 Å². The molecule has 0 atom stereocenters. The van der Waals surface area contributed by atoms with Crippen molar-refractivity contribution in [2.75, 3.05) is 11.9 Å². The monoisotopic (exact) mass is 242 g/mol. The van der Waals surface area contributed by atoms with Gasteiger partial charge in [-0.1, -0.05) is 13.8 Å². The van der Waals surface area contributed by atoms with Gasteiger partial charge in [-0.15, -0.1) is 0 Å². The lowest BCUT2D eigenvalue weighted by Crippen LogP contribution is -2.05. The van der Waals surface area contributed by atoms with Crippen molar-refractivity contribution in [2.24, 2.45) is 5.92 Å². The predicted molar refractivity (Wildman–Crippen MR) is 59.9 cm³/mol. The van der Waals surface area contributed by atoms with E-state index < -0.39 is 0 Å². The minimum Gasteiger partial charge on any atom is -0.370 e. The Morgan fingerprint density at radius 1 is 1.46 bits per heavy atom. The van der Waals surface area contributed by atoms with Gasteiger partial charge in [-0.25, -0.2) is 4.98 Å². The Hall–Kier alpha value is -0.570. The van der Waals surface area contributed by atoms with Crippen LogP contribution in [0.1, 0.15) is 20.3 Å². The van der Waals surface area contributed by atoms with Gasteiger partial charge in [0.05, 0.1) is 0 Å². The molecule has 2 nitrogen and oxygen atoms in total. The molecule has 0 aliphatic carbocycles. The first kappa shape index (κ1) is 10.5. The predicted octanol–water partition coefficient (Wildman–Crippen LogP) is 3.30. The summed E-state index contributed by atoms with van der Waals surface area (Å²) in [6, 6.07) is 3.97. The fourth-order valence-electron chi connectivity index (χ4n) is 0.969. The third-order valence-electron chi connectivity index (χ3n) is 1.76. The summed E-state index contributed by atoms with van der Waals surface area (Å²) in [6.45, 7) is 5.43. The van der Waals surface area contributed by atoms with Gasteiger partial charge in [0.15, 0.2) is 0 Å². The number of hydrogen-bond donors (Lipinski definition) is 1. The van der Waals surface area contributed by atoms with Gasteiger partial charge in [0.25, 0.3) is 0 Å². The molecular weight excluding hydrogens is 228 g/mol. The average Bonchev–Trinajstić information content (AvgIpc) is 2.08. The van der Waals surface area contributed by atoms with E-state index in [0.717, 1.165) is 22.8 Å². The highest BCUT2D eigenvalue weighted by Gasteiger charge is 1.95. The lowest BCUT2D eigenvalue weighted by Gasteiger charge is -2.06. The number of hydrogen-bond acceptors (Lipinski definition) is 2. The molecule has 0 aliphatic heterocycles. The fraction of sp³-hybridized carbons (Fsp3) is 0.500. The molecule has 13 heavy (non-hydrogen) atoms. The number of anilines is 1. The number of aromatic nitrogens is 1. The van der Waals surface area contributed by atoms with Gasteiger partial charge in [0.1, 0.15) is 5.82 Å². The molecule has 0 fully saturated rings. The SMILES string of the molecule is CC(C)CCNc1ccc(Br)cn1. The molecule has 0 aliphatic rings. The standard InChI is InChI=1S/C10H15BrN2/c1-8(2)5-6-12-10-4-3-9(11)7-13-10/h3-4,7-8H,5-6H2,1-2H3,(H,12,13). The molecule has 1 N–H and O–H groups in total. The van der Waals surface area contributed by atoms with Crippen LogP contribution in [-0.2, 0) is 0 Å². The normalized spacial score (nSPS) is 10.5. The second-order valence-corrected chi connectivity index (χ2v) is 4.39. The minimum absolute atomic E-state index is 0.739. The molecular formula is C10H15BrN2. The van der Waals surface area contributed by atoms with Crippen molar-refractivity contribution in [1.82, 2.24) is 4.98 Å². The zero-order chi connectivity index (χ0) is 9.68. The molecule has 1 aromatic heterocycles. The van der Waals surface area contributed by atoms with Gasteiger partial charge in [0.2, 0.25) is 0 Å². The first-order chi connectivity index (χ1) is 6.18. The van der Waals surface area contributed by atoms with Crippen LogP contribution in [0.15, 0.2) is 22.8 Å². The van der Waals surface area contributed by atoms with E-state index in [1.165, 1.54) is 6.42 Å². The number of pyridine rings is 1. The molecule has 0 aromatic carbocycles. The van der Waals surface area contributed by atoms with E-state index in [1.807, 2.05) is 12.1 Å². The van der Waals surface area contributed by atoms with E-state index in [1.54, 1.807) is 6.20 Å². The van der Waals surface area contributed by atoms with Crippen molar-refractivity contribution in [2.45, 2.75) is 20.3 Å². The van der Waals surface area contributed by atoms with Crippen LogP contribution in [0.3, 0.4) is 0 Å². The van der Waals surface area contributed by atoms with Gasteiger partial charge in [-0.3, -0.25) is 0 Å². The molecule has 0 unspecified atom stereocenters. The summed E-state index contributed by atoms with van der Waals surface area (Å²) in [5, 5.41) is 3.27. The molecule has 1 rings (SSSR count). The first-order valence-corrected chi connectivity index (χ1v) is 5.33. The second-order valence-electron chi connectivity index (χ2n) is 3.47. The van der Waals surface area contributed by atoms with Crippen LogP contribution in [0.5, 0.6) is 0 Å². The lowest BCUT2D eigenvalue weighted by atomic mass is 10.1. The Morgan fingerprint density at radius 3 is 2.77 bits per heavy atom. The molecule has 0 bridgehead atoms. The average molecular weight is 243 g/mol. The Bertz CT molecular complexity index is 244. The topological polar surface area (TPSA) is 24.9 Å². The highest BCUT2D eigenvalue weighted by Crippen LogP contribution is 2.10. The lowest BCUT2D eigenvalue weighted by molar-refractivity contribution is 0.606. The van der Waals surface area contributed by atoms with Crippen molar-refractivity contribution in [3.63, 3.8) is 0 Å². The summed E-state index contributed by atoms with van der Waals surface area (Å²) in [5.74, 6) is 1.69. The van der Waals surface area contributed by atoms with Crippen LogP contribution in [-0.4, -0.2) is 11.5 Å². The van der Waals surface area contributed by atoms with E-state index in [-0.39, 0.29) is 0 Å². The molecule has 0 amide bonds. The van der Waals surface area contributed by atoms with Crippen LogP contribution < -0.4 is 5.32 Å². The summed E-state index contributed by atoms with van der Waals surface area (Å²) < 4.78 is 1.02. The van der Waals surface area contributed by atoms with Gasteiger partial charge >= 0.3 is 0 Å². The van der Waals surface area contributed by atoms with E-state index in [4.69, 9.17) is 0 Å². The molecule has 0 spiro atoms. The first-order valence-electron chi connectivity index (χ1n) is 4.54. The van der Waals surface area contributed by atoms with Crippen LogP contribution in [0.25, 0.3) is 0 Å². The zero-order valence-corrected chi connectivity index (χ0v) is 9.63. The Labute approximate surface area is 87.9 Å². The number of nitrogens with one attached hydrogen (secondary N) is 1. The summed E-state index contributed by atoms with van der Waals surface area (Å²) >= 11 is 3.35. The van der Waals surface area contributed by atoms with Crippen molar-refractivity contribution in [3.05, 3.63) is 22.8 Å². The quantitative estimate of drug-likeness (QED) is 0.877. The minimum atomic E-state index is 0.739. The Morgan fingerprint density at radius 2 is 2.23 bits per heavy atom. The summed E-state index contributed by atoms with van der Waals surface area (Å²) in [4.78, 5) is 4.22. The van der Waals surface area contributed by atoms with E-state index in [0.29, 0.717) is 0 Å². The largest absolute Gasteiger partial charge is 0.370 e.